The highest BCUT2D eigenvalue weighted by Gasteiger charge is 2.11. The third-order valence-electron chi connectivity index (χ3n) is 6.40. The first-order valence-electron chi connectivity index (χ1n) is 12.0. The fraction of sp³-hybridized carbons (Fsp3) is 0.103. The Balaban J connectivity index is 1.24. The van der Waals surface area contributed by atoms with Crippen LogP contribution in [0.1, 0.15) is 11.3 Å². The van der Waals surface area contributed by atoms with E-state index in [9.17, 15) is 4.79 Å². The van der Waals surface area contributed by atoms with E-state index in [0.29, 0.717) is 18.5 Å². The summed E-state index contributed by atoms with van der Waals surface area (Å²) in [5.41, 5.74) is 5.63. The molecule has 0 bridgehead atoms. The van der Waals surface area contributed by atoms with Crippen molar-refractivity contribution < 1.29 is 0 Å². The lowest BCUT2D eigenvalue weighted by Gasteiger charge is -2.09. The van der Waals surface area contributed by atoms with Crippen LogP contribution in [0, 0.1) is 0 Å². The van der Waals surface area contributed by atoms with Crippen molar-refractivity contribution in [2.75, 3.05) is 17.7 Å². The summed E-state index contributed by atoms with van der Waals surface area (Å²) in [4.78, 5) is 26.7. The molecule has 37 heavy (non-hydrogen) atoms. The van der Waals surface area contributed by atoms with Gasteiger partial charge >= 0.3 is 0 Å². The summed E-state index contributed by atoms with van der Waals surface area (Å²) in [6.45, 7) is 1.00. The molecule has 0 saturated carbocycles. The highest BCUT2D eigenvalue weighted by molar-refractivity contribution is 5.95. The molecule has 8 heteroatoms. The van der Waals surface area contributed by atoms with Crippen molar-refractivity contribution in [3.05, 3.63) is 119 Å². The number of hydrogen-bond acceptors (Lipinski definition) is 6. The van der Waals surface area contributed by atoms with Crippen LogP contribution < -0.4 is 16.2 Å². The fourth-order valence-electron chi connectivity index (χ4n) is 4.50. The lowest BCUT2D eigenvalue weighted by molar-refractivity contribution is 0.752. The molecular weight excluding hydrogens is 462 g/mol. The Kier molecular flexibility index (Phi) is 5.82. The Morgan fingerprint density at radius 1 is 0.946 bits per heavy atom. The third-order valence-corrected chi connectivity index (χ3v) is 6.40. The quantitative estimate of drug-likeness (QED) is 0.336. The van der Waals surface area contributed by atoms with E-state index in [4.69, 9.17) is 4.98 Å². The second-order valence-corrected chi connectivity index (χ2v) is 8.83. The molecular formula is C29H25N7O. The largest absolute Gasteiger partial charge is 0.388 e. The number of hydrogen-bond donors (Lipinski definition) is 2. The normalized spacial score (nSPS) is 11.2. The summed E-state index contributed by atoms with van der Waals surface area (Å²) in [7, 11) is 1.88. The molecule has 5 heterocycles. The molecule has 8 nitrogen and oxygen atoms in total. The highest BCUT2D eigenvalue weighted by Crippen LogP contribution is 2.25. The van der Waals surface area contributed by atoms with Crippen LogP contribution in [0.2, 0.25) is 0 Å². The molecule has 6 aromatic rings. The monoisotopic (exact) mass is 487 g/mol. The molecule has 2 N–H and O–H groups in total. The standard InChI is InChI=1S/C29H25N7O/c1-30-22-9-11-32-27(13-22)33-14-20-7-8-28-34-23(19-36(28)17-20)18-35-12-10-24-25(21-5-3-2-4-6-21)15-31-16-26(24)29(35)37/h2-13,15-17,19H,14,18H2,1H3,(H2,30,32,33). The van der Waals surface area contributed by atoms with Crippen LogP contribution in [0.25, 0.3) is 27.5 Å². The van der Waals surface area contributed by atoms with Gasteiger partial charge in [0.2, 0.25) is 0 Å². The third kappa shape index (κ3) is 4.52. The van der Waals surface area contributed by atoms with Gasteiger partial charge in [-0.3, -0.25) is 9.78 Å². The molecule has 0 saturated heterocycles. The van der Waals surface area contributed by atoms with Gasteiger partial charge in [-0.25, -0.2) is 9.97 Å². The zero-order valence-corrected chi connectivity index (χ0v) is 20.3. The summed E-state index contributed by atoms with van der Waals surface area (Å²) in [6.07, 6.45) is 11.1. The molecule has 6 rings (SSSR count). The highest BCUT2D eigenvalue weighted by atomic mass is 16.1. The van der Waals surface area contributed by atoms with Crippen LogP contribution in [0.15, 0.2) is 103 Å². The molecule has 1 aromatic carbocycles. The first-order valence-corrected chi connectivity index (χ1v) is 12.0. The van der Waals surface area contributed by atoms with E-state index < -0.39 is 0 Å². The molecule has 0 aliphatic carbocycles. The van der Waals surface area contributed by atoms with Gasteiger partial charge < -0.3 is 19.6 Å². The summed E-state index contributed by atoms with van der Waals surface area (Å²) in [5.74, 6) is 0.804. The molecule has 0 unspecified atom stereocenters. The first kappa shape index (κ1) is 22.5. The van der Waals surface area contributed by atoms with Gasteiger partial charge in [-0.2, -0.15) is 0 Å². The number of benzene rings is 1. The van der Waals surface area contributed by atoms with Gasteiger partial charge in [-0.05, 0) is 34.7 Å². The summed E-state index contributed by atoms with van der Waals surface area (Å²) in [6, 6.07) is 19.9. The van der Waals surface area contributed by atoms with Gasteiger partial charge in [0, 0.05) is 68.1 Å². The average molecular weight is 488 g/mol. The molecule has 0 radical (unpaired) electrons. The second kappa shape index (κ2) is 9.58. The van der Waals surface area contributed by atoms with E-state index in [1.165, 1.54) is 0 Å². The minimum atomic E-state index is -0.0824. The maximum absolute atomic E-state index is 13.3. The van der Waals surface area contributed by atoms with Gasteiger partial charge in [-0.1, -0.05) is 36.4 Å². The average Bonchev–Trinajstić information content (AvgIpc) is 3.35. The minimum Gasteiger partial charge on any atom is -0.388 e. The van der Waals surface area contributed by atoms with Crippen LogP contribution in [-0.2, 0) is 13.1 Å². The van der Waals surface area contributed by atoms with Crippen molar-refractivity contribution in [1.82, 2.24) is 23.9 Å². The molecule has 0 fully saturated rings. The van der Waals surface area contributed by atoms with Gasteiger partial charge in [-0.15, -0.1) is 0 Å². The smallest absolute Gasteiger partial charge is 0.260 e. The molecule has 0 spiro atoms. The van der Waals surface area contributed by atoms with Gasteiger partial charge in [0.25, 0.3) is 5.56 Å². The predicted molar refractivity (Wildman–Crippen MR) is 147 cm³/mol. The van der Waals surface area contributed by atoms with Crippen LogP contribution >= 0.6 is 0 Å². The van der Waals surface area contributed by atoms with Crippen molar-refractivity contribution in [1.29, 1.82) is 0 Å². The van der Waals surface area contributed by atoms with Crippen LogP contribution in [0.4, 0.5) is 11.5 Å². The van der Waals surface area contributed by atoms with E-state index in [1.54, 1.807) is 17.0 Å². The molecule has 0 aliphatic rings. The molecule has 0 amide bonds. The lowest BCUT2D eigenvalue weighted by Crippen LogP contribution is -2.20. The molecule has 182 valence electrons. The number of anilines is 2. The Labute approximate surface area is 213 Å². The topological polar surface area (TPSA) is 89.1 Å². The number of aromatic nitrogens is 5. The number of rotatable bonds is 7. The van der Waals surface area contributed by atoms with E-state index in [1.807, 2.05) is 96.9 Å². The summed E-state index contributed by atoms with van der Waals surface area (Å²) < 4.78 is 3.67. The van der Waals surface area contributed by atoms with E-state index >= 15 is 0 Å². The van der Waals surface area contributed by atoms with Crippen molar-refractivity contribution in [2.45, 2.75) is 13.1 Å². The maximum Gasteiger partial charge on any atom is 0.260 e. The maximum atomic E-state index is 13.3. The number of pyridine rings is 4. The zero-order chi connectivity index (χ0) is 25.2. The summed E-state index contributed by atoms with van der Waals surface area (Å²) in [5, 5.41) is 7.95. The minimum absolute atomic E-state index is 0.0824. The van der Waals surface area contributed by atoms with Crippen molar-refractivity contribution in [3.63, 3.8) is 0 Å². The molecule has 0 atom stereocenters. The summed E-state index contributed by atoms with van der Waals surface area (Å²) >= 11 is 0. The van der Waals surface area contributed by atoms with Crippen molar-refractivity contribution in [2.24, 2.45) is 0 Å². The SMILES string of the molecule is CNc1ccnc(NCc2ccc3nc(Cn4ccc5c(-c6ccccc6)cncc5c4=O)cn3c2)c1. The van der Waals surface area contributed by atoms with Crippen molar-refractivity contribution >= 4 is 27.9 Å². The Morgan fingerprint density at radius 2 is 1.84 bits per heavy atom. The first-order chi connectivity index (χ1) is 18.2. The second-order valence-electron chi connectivity index (χ2n) is 8.83. The Bertz CT molecular complexity index is 1770. The zero-order valence-electron chi connectivity index (χ0n) is 20.3. The van der Waals surface area contributed by atoms with E-state index in [2.05, 4.69) is 20.6 Å². The molecule has 5 aromatic heterocycles. The number of nitrogens with one attached hydrogen (secondary N) is 2. The van der Waals surface area contributed by atoms with Gasteiger partial charge in [0.05, 0.1) is 17.6 Å². The Hall–Kier alpha value is -4.98. The van der Waals surface area contributed by atoms with Crippen LogP contribution in [0.3, 0.4) is 0 Å². The van der Waals surface area contributed by atoms with Crippen molar-refractivity contribution in [3.8, 4) is 11.1 Å². The number of imidazole rings is 1. The van der Waals surface area contributed by atoms with Gasteiger partial charge in [0.15, 0.2) is 0 Å². The van der Waals surface area contributed by atoms with E-state index in [-0.39, 0.29) is 5.56 Å². The predicted octanol–water partition coefficient (Wildman–Crippen LogP) is 4.81. The van der Waals surface area contributed by atoms with Crippen LogP contribution in [0.5, 0.6) is 0 Å². The molecule has 0 aliphatic heterocycles. The van der Waals surface area contributed by atoms with Crippen LogP contribution in [-0.4, -0.2) is 31.0 Å². The number of nitrogens with zero attached hydrogens (tertiary/aromatic N) is 5. The lowest BCUT2D eigenvalue weighted by atomic mass is 10.0. The van der Waals surface area contributed by atoms with Gasteiger partial charge in [0.1, 0.15) is 11.5 Å². The Morgan fingerprint density at radius 3 is 2.70 bits per heavy atom. The number of fused-ring (bicyclic) bond motifs is 2. The van der Waals surface area contributed by atoms with E-state index in [0.717, 1.165) is 44.9 Å². The fourth-order valence-corrected chi connectivity index (χ4v) is 4.50.